The van der Waals surface area contributed by atoms with Crippen LogP contribution in [-0.2, 0) is 4.74 Å². The number of ether oxygens (including phenoxy) is 1. The molecule has 0 aliphatic carbocycles. The van der Waals surface area contributed by atoms with E-state index >= 15 is 0 Å². The first-order chi connectivity index (χ1) is 6.61. The fraction of sp³-hybridized carbons (Fsp3) is 0.300. The summed E-state index contributed by atoms with van der Waals surface area (Å²) in [5, 5.41) is 0. The van der Waals surface area contributed by atoms with Crippen molar-refractivity contribution in [2.75, 3.05) is 7.11 Å². The molecule has 1 rings (SSSR count). The van der Waals surface area contributed by atoms with E-state index < -0.39 is 5.97 Å². The van der Waals surface area contributed by atoms with Crippen molar-refractivity contribution in [1.82, 2.24) is 4.98 Å². The lowest BCUT2D eigenvalue weighted by molar-refractivity contribution is 0.0599. The molecule has 0 bridgehead atoms. The number of carbonyl (C=O) groups excluding carboxylic acids is 2. The minimum Gasteiger partial charge on any atom is -0.465 e. The van der Waals surface area contributed by atoms with E-state index in [1.807, 2.05) is 0 Å². The molecule has 1 heterocycles. The third kappa shape index (κ3) is 1.64. The molecule has 0 unspecified atom stereocenters. The third-order valence-electron chi connectivity index (χ3n) is 2.11. The number of hydrogen-bond acceptors (Lipinski definition) is 4. The Balaban J connectivity index is 3.35. The van der Waals surface area contributed by atoms with Gasteiger partial charge in [-0.15, -0.1) is 0 Å². The highest BCUT2D eigenvalue weighted by molar-refractivity contribution is 5.93. The van der Waals surface area contributed by atoms with Crippen LogP contribution < -0.4 is 0 Å². The lowest BCUT2D eigenvalue weighted by Gasteiger charge is -2.07. The Bertz CT molecular complexity index is 385. The van der Waals surface area contributed by atoms with Crippen molar-refractivity contribution in [3.63, 3.8) is 0 Å². The first kappa shape index (κ1) is 10.4. The highest BCUT2D eigenvalue weighted by atomic mass is 16.5. The van der Waals surface area contributed by atoms with Gasteiger partial charge in [0.05, 0.1) is 12.7 Å². The molecule has 0 spiro atoms. The SMILES string of the molecule is COC(=O)c1cnc(C)c(C=O)c1C. The number of carbonyl (C=O) groups is 2. The zero-order valence-corrected chi connectivity index (χ0v) is 8.33. The van der Waals surface area contributed by atoms with Crippen LogP contribution in [0, 0.1) is 13.8 Å². The maximum Gasteiger partial charge on any atom is 0.339 e. The van der Waals surface area contributed by atoms with Crippen molar-refractivity contribution < 1.29 is 14.3 Å². The Morgan fingerprint density at radius 2 is 2.14 bits per heavy atom. The van der Waals surface area contributed by atoms with Gasteiger partial charge in [-0.2, -0.15) is 0 Å². The van der Waals surface area contributed by atoms with Crippen LogP contribution in [0.4, 0.5) is 0 Å². The Kier molecular flexibility index (Phi) is 2.96. The molecule has 0 aliphatic heterocycles. The van der Waals surface area contributed by atoms with Gasteiger partial charge in [0, 0.05) is 17.5 Å². The minimum absolute atomic E-state index is 0.334. The van der Waals surface area contributed by atoms with Crippen LogP contribution in [-0.4, -0.2) is 24.3 Å². The normalized spacial score (nSPS) is 9.64. The van der Waals surface area contributed by atoms with E-state index in [0.29, 0.717) is 28.7 Å². The Labute approximate surface area is 81.9 Å². The van der Waals surface area contributed by atoms with Crippen LogP contribution in [0.25, 0.3) is 0 Å². The lowest BCUT2D eigenvalue weighted by Crippen LogP contribution is -2.08. The van der Waals surface area contributed by atoms with E-state index in [1.165, 1.54) is 13.3 Å². The van der Waals surface area contributed by atoms with Crippen LogP contribution in [0.3, 0.4) is 0 Å². The number of aldehydes is 1. The van der Waals surface area contributed by atoms with E-state index in [1.54, 1.807) is 13.8 Å². The molecule has 0 aromatic carbocycles. The van der Waals surface area contributed by atoms with Gasteiger partial charge in [-0.25, -0.2) is 4.79 Å². The number of methoxy groups -OCH3 is 1. The second-order valence-corrected chi connectivity index (χ2v) is 2.91. The van der Waals surface area contributed by atoms with Gasteiger partial charge in [0.1, 0.15) is 0 Å². The standard InChI is InChI=1S/C10H11NO3/c1-6-8(10(13)14-3)4-11-7(2)9(6)5-12/h4-5H,1-3H3. The molecule has 0 radical (unpaired) electrons. The summed E-state index contributed by atoms with van der Waals surface area (Å²) in [5.41, 5.74) is 2.01. The summed E-state index contributed by atoms with van der Waals surface area (Å²) in [4.78, 5) is 25.9. The van der Waals surface area contributed by atoms with Crippen LogP contribution in [0.2, 0.25) is 0 Å². The summed E-state index contributed by atoms with van der Waals surface area (Å²) in [7, 11) is 1.29. The molecule has 0 saturated carbocycles. The first-order valence-electron chi connectivity index (χ1n) is 4.11. The van der Waals surface area contributed by atoms with Gasteiger partial charge >= 0.3 is 5.97 Å². The molecule has 4 nitrogen and oxygen atoms in total. The van der Waals surface area contributed by atoms with E-state index in [-0.39, 0.29) is 0 Å². The van der Waals surface area contributed by atoms with E-state index in [9.17, 15) is 9.59 Å². The minimum atomic E-state index is -0.474. The molecular weight excluding hydrogens is 182 g/mol. The first-order valence-corrected chi connectivity index (χ1v) is 4.11. The summed E-state index contributed by atoms with van der Waals surface area (Å²) in [6.07, 6.45) is 2.12. The van der Waals surface area contributed by atoms with Crippen LogP contribution >= 0.6 is 0 Å². The van der Waals surface area contributed by atoms with Gasteiger partial charge in [0.2, 0.25) is 0 Å². The average molecular weight is 193 g/mol. The fourth-order valence-corrected chi connectivity index (χ4v) is 1.23. The highest BCUT2D eigenvalue weighted by Crippen LogP contribution is 2.14. The van der Waals surface area contributed by atoms with Crippen molar-refractivity contribution >= 4 is 12.3 Å². The molecule has 0 fully saturated rings. The maximum absolute atomic E-state index is 11.2. The average Bonchev–Trinajstić information content (AvgIpc) is 2.18. The van der Waals surface area contributed by atoms with Crippen LogP contribution in [0.5, 0.6) is 0 Å². The molecule has 14 heavy (non-hydrogen) atoms. The predicted octanol–water partition coefficient (Wildman–Crippen LogP) is 1.30. The second-order valence-electron chi connectivity index (χ2n) is 2.91. The Morgan fingerprint density at radius 3 is 2.64 bits per heavy atom. The largest absolute Gasteiger partial charge is 0.465 e. The number of nitrogens with zero attached hydrogens (tertiary/aromatic N) is 1. The molecule has 0 aliphatic rings. The fourth-order valence-electron chi connectivity index (χ4n) is 1.23. The van der Waals surface area contributed by atoms with Crippen molar-refractivity contribution in [3.8, 4) is 0 Å². The topological polar surface area (TPSA) is 56.3 Å². The number of hydrogen-bond donors (Lipinski definition) is 0. The van der Waals surface area contributed by atoms with Crippen molar-refractivity contribution in [1.29, 1.82) is 0 Å². The summed E-state index contributed by atoms with van der Waals surface area (Å²) in [6.45, 7) is 3.42. The van der Waals surface area contributed by atoms with Gasteiger partial charge in [0.25, 0.3) is 0 Å². The molecule has 0 saturated heterocycles. The Morgan fingerprint density at radius 1 is 1.50 bits per heavy atom. The zero-order valence-electron chi connectivity index (χ0n) is 8.33. The number of pyridine rings is 1. The monoisotopic (exact) mass is 193 g/mol. The predicted molar refractivity (Wildman–Crippen MR) is 50.4 cm³/mol. The summed E-state index contributed by atoms with van der Waals surface area (Å²) in [5.74, 6) is -0.474. The van der Waals surface area contributed by atoms with Gasteiger partial charge in [-0.1, -0.05) is 0 Å². The molecule has 4 heteroatoms. The molecule has 74 valence electrons. The quantitative estimate of drug-likeness (QED) is 0.524. The third-order valence-corrected chi connectivity index (χ3v) is 2.11. The molecule has 0 amide bonds. The van der Waals surface area contributed by atoms with E-state index in [4.69, 9.17) is 0 Å². The van der Waals surface area contributed by atoms with Crippen LogP contribution in [0.15, 0.2) is 6.20 Å². The maximum atomic E-state index is 11.2. The summed E-state index contributed by atoms with van der Waals surface area (Å²) >= 11 is 0. The zero-order chi connectivity index (χ0) is 10.7. The molecular formula is C10H11NO3. The summed E-state index contributed by atoms with van der Waals surface area (Å²) in [6, 6.07) is 0. The number of esters is 1. The van der Waals surface area contributed by atoms with Gasteiger partial charge < -0.3 is 4.74 Å². The number of rotatable bonds is 2. The highest BCUT2D eigenvalue weighted by Gasteiger charge is 2.14. The second kappa shape index (κ2) is 4.00. The van der Waals surface area contributed by atoms with E-state index in [2.05, 4.69) is 9.72 Å². The number of aryl methyl sites for hydroxylation is 1. The lowest BCUT2D eigenvalue weighted by atomic mass is 10.0. The molecule has 1 aromatic heterocycles. The smallest absolute Gasteiger partial charge is 0.339 e. The molecule has 0 N–H and O–H groups in total. The van der Waals surface area contributed by atoms with Crippen molar-refractivity contribution in [2.24, 2.45) is 0 Å². The number of aromatic nitrogens is 1. The van der Waals surface area contributed by atoms with Crippen molar-refractivity contribution in [2.45, 2.75) is 13.8 Å². The summed E-state index contributed by atoms with van der Waals surface area (Å²) < 4.78 is 4.56. The van der Waals surface area contributed by atoms with E-state index in [0.717, 1.165) is 0 Å². The molecule has 0 atom stereocenters. The van der Waals surface area contributed by atoms with Gasteiger partial charge in [-0.05, 0) is 19.4 Å². The van der Waals surface area contributed by atoms with Crippen LogP contribution in [0.1, 0.15) is 32.0 Å². The van der Waals surface area contributed by atoms with Gasteiger partial charge in [-0.3, -0.25) is 9.78 Å². The Hall–Kier alpha value is -1.71. The van der Waals surface area contributed by atoms with Crippen molar-refractivity contribution in [3.05, 3.63) is 28.6 Å². The van der Waals surface area contributed by atoms with Gasteiger partial charge in [0.15, 0.2) is 6.29 Å². The molecule has 1 aromatic rings.